The Labute approximate surface area is 126 Å². The van der Waals surface area contributed by atoms with Crippen LogP contribution in [0.4, 0.5) is 0 Å². The highest BCUT2D eigenvalue weighted by Crippen LogP contribution is 2.31. The van der Waals surface area contributed by atoms with Crippen molar-refractivity contribution in [3.8, 4) is 6.07 Å². The molecule has 112 valence electrons. The second-order valence-electron chi connectivity index (χ2n) is 5.54. The van der Waals surface area contributed by atoms with Crippen LogP contribution in [-0.2, 0) is 4.74 Å². The van der Waals surface area contributed by atoms with Crippen molar-refractivity contribution in [2.75, 3.05) is 32.9 Å². The van der Waals surface area contributed by atoms with Crippen molar-refractivity contribution in [3.63, 3.8) is 0 Å². The van der Waals surface area contributed by atoms with Gasteiger partial charge in [0.15, 0.2) is 0 Å². The van der Waals surface area contributed by atoms with E-state index in [-0.39, 0.29) is 12.0 Å². The van der Waals surface area contributed by atoms with Gasteiger partial charge < -0.3 is 15.2 Å². The maximum Gasteiger partial charge on any atom is 0.0991 e. The lowest BCUT2D eigenvalue weighted by atomic mass is 9.84. The number of nitrogens with one attached hydrogen (secondary N) is 1. The van der Waals surface area contributed by atoms with Crippen molar-refractivity contribution in [2.24, 2.45) is 5.41 Å². The standard InChI is InChI=1S/C17H22N2O2/c18-12-16-5-3-15(4-6-16)2-1-9-19-13-17(7-10-20)8-11-21-14-17/h1-6,19-20H,7-11,13-14H2/b2-1+. The van der Waals surface area contributed by atoms with Gasteiger partial charge in [-0.15, -0.1) is 0 Å². The lowest BCUT2D eigenvalue weighted by Crippen LogP contribution is -2.35. The fourth-order valence-corrected chi connectivity index (χ4v) is 2.60. The second kappa shape index (κ2) is 7.94. The Hall–Kier alpha value is -1.67. The first kappa shape index (κ1) is 15.7. The molecule has 0 amide bonds. The Morgan fingerprint density at radius 3 is 2.81 bits per heavy atom. The smallest absolute Gasteiger partial charge is 0.0991 e. The van der Waals surface area contributed by atoms with E-state index in [2.05, 4.69) is 17.5 Å². The number of nitrogens with zero attached hydrogens (tertiary/aromatic N) is 1. The predicted molar refractivity (Wildman–Crippen MR) is 82.6 cm³/mol. The molecular formula is C17H22N2O2. The van der Waals surface area contributed by atoms with Gasteiger partial charge in [0.1, 0.15) is 0 Å². The topological polar surface area (TPSA) is 65.3 Å². The minimum atomic E-state index is 0.0943. The molecule has 4 nitrogen and oxygen atoms in total. The van der Waals surface area contributed by atoms with E-state index in [1.165, 1.54) is 0 Å². The molecule has 1 aliphatic heterocycles. The van der Waals surface area contributed by atoms with Gasteiger partial charge in [0, 0.05) is 31.7 Å². The Morgan fingerprint density at radius 2 is 2.19 bits per heavy atom. The van der Waals surface area contributed by atoms with Crippen LogP contribution in [0.1, 0.15) is 24.0 Å². The zero-order valence-corrected chi connectivity index (χ0v) is 12.2. The number of rotatable bonds is 7. The second-order valence-corrected chi connectivity index (χ2v) is 5.54. The van der Waals surface area contributed by atoms with Crippen molar-refractivity contribution in [2.45, 2.75) is 12.8 Å². The van der Waals surface area contributed by atoms with Crippen molar-refractivity contribution in [1.82, 2.24) is 5.32 Å². The van der Waals surface area contributed by atoms with Gasteiger partial charge in [-0.3, -0.25) is 0 Å². The quantitative estimate of drug-likeness (QED) is 0.752. The maximum atomic E-state index is 9.17. The van der Waals surface area contributed by atoms with Gasteiger partial charge in [0.25, 0.3) is 0 Å². The summed E-state index contributed by atoms with van der Waals surface area (Å²) in [5.41, 5.74) is 1.86. The Balaban J connectivity index is 1.75. The molecular weight excluding hydrogens is 264 g/mol. The molecule has 2 N–H and O–H groups in total. The fourth-order valence-electron chi connectivity index (χ4n) is 2.60. The van der Waals surface area contributed by atoms with E-state index in [9.17, 15) is 0 Å². The van der Waals surface area contributed by atoms with E-state index < -0.39 is 0 Å². The summed E-state index contributed by atoms with van der Waals surface area (Å²) in [4.78, 5) is 0. The van der Waals surface area contributed by atoms with Crippen LogP contribution >= 0.6 is 0 Å². The Bertz CT molecular complexity index is 497. The third-order valence-electron chi connectivity index (χ3n) is 3.94. The zero-order chi connectivity index (χ0) is 15.0. The number of aliphatic hydroxyl groups is 1. The minimum Gasteiger partial charge on any atom is -0.396 e. The van der Waals surface area contributed by atoms with Crippen LogP contribution in [0, 0.1) is 16.7 Å². The fraction of sp³-hybridized carbons (Fsp3) is 0.471. The third kappa shape index (κ3) is 4.68. The van der Waals surface area contributed by atoms with E-state index in [1.807, 2.05) is 30.3 Å². The summed E-state index contributed by atoms with van der Waals surface area (Å²) in [6.07, 6.45) is 5.92. The van der Waals surface area contributed by atoms with Crippen molar-refractivity contribution >= 4 is 6.08 Å². The van der Waals surface area contributed by atoms with Crippen LogP contribution in [0.5, 0.6) is 0 Å². The summed E-state index contributed by atoms with van der Waals surface area (Å²) < 4.78 is 5.47. The molecule has 21 heavy (non-hydrogen) atoms. The third-order valence-corrected chi connectivity index (χ3v) is 3.94. The molecule has 2 rings (SSSR count). The summed E-state index contributed by atoms with van der Waals surface area (Å²) in [6, 6.07) is 9.62. The molecule has 1 aromatic carbocycles. The average Bonchev–Trinajstić information content (AvgIpc) is 2.97. The Kier molecular flexibility index (Phi) is 5.94. The largest absolute Gasteiger partial charge is 0.396 e. The number of hydrogen-bond donors (Lipinski definition) is 2. The van der Waals surface area contributed by atoms with Crippen molar-refractivity contribution < 1.29 is 9.84 Å². The average molecular weight is 286 g/mol. The molecule has 4 heteroatoms. The molecule has 1 atom stereocenters. The summed E-state index contributed by atoms with van der Waals surface area (Å²) >= 11 is 0. The van der Waals surface area contributed by atoms with E-state index in [0.717, 1.165) is 44.7 Å². The maximum absolute atomic E-state index is 9.17. The lowest BCUT2D eigenvalue weighted by Gasteiger charge is -2.26. The molecule has 1 aliphatic rings. The molecule has 0 radical (unpaired) electrons. The number of hydrogen-bond acceptors (Lipinski definition) is 4. The number of benzene rings is 1. The summed E-state index contributed by atoms with van der Waals surface area (Å²) in [6.45, 7) is 3.40. The van der Waals surface area contributed by atoms with Crippen molar-refractivity contribution in [1.29, 1.82) is 5.26 Å². The van der Waals surface area contributed by atoms with E-state index in [4.69, 9.17) is 15.1 Å². The first-order valence-corrected chi connectivity index (χ1v) is 7.34. The van der Waals surface area contributed by atoms with E-state index in [1.54, 1.807) is 0 Å². The minimum absolute atomic E-state index is 0.0943. The first-order valence-electron chi connectivity index (χ1n) is 7.34. The van der Waals surface area contributed by atoms with Gasteiger partial charge in [-0.2, -0.15) is 5.26 Å². The SMILES string of the molecule is N#Cc1ccc(/C=C/CNCC2(CCO)CCOC2)cc1. The number of ether oxygens (including phenoxy) is 1. The molecule has 0 aliphatic carbocycles. The summed E-state index contributed by atoms with van der Waals surface area (Å²) in [5, 5.41) is 21.3. The zero-order valence-electron chi connectivity index (χ0n) is 12.2. The molecule has 0 aromatic heterocycles. The highest BCUT2D eigenvalue weighted by Gasteiger charge is 2.33. The van der Waals surface area contributed by atoms with Gasteiger partial charge in [-0.05, 0) is 30.5 Å². The van der Waals surface area contributed by atoms with Gasteiger partial charge >= 0.3 is 0 Å². The number of aliphatic hydroxyl groups excluding tert-OH is 1. The van der Waals surface area contributed by atoms with Gasteiger partial charge in [0.05, 0.1) is 18.2 Å². The lowest BCUT2D eigenvalue weighted by molar-refractivity contribution is 0.125. The Morgan fingerprint density at radius 1 is 1.38 bits per heavy atom. The monoisotopic (exact) mass is 286 g/mol. The van der Waals surface area contributed by atoms with Gasteiger partial charge in [-0.1, -0.05) is 24.3 Å². The highest BCUT2D eigenvalue weighted by molar-refractivity contribution is 5.51. The van der Waals surface area contributed by atoms with Crippen molar-refractivity contribution in [3.05, 3.63) is 41.5 Å². The van der Waals surface area contributed by atoms with Crippen LogP contribution in [0.25, 0.3) is 6.08 Å². The molecule has 1 saturated heterocycles. The van der Waals surface area contributed by atoms with Gasteiger partial charge in [-0.25, -0.2) is 0 Å². The van der Waals surface area contributed by atoms with E-state index >= 15 is 0 Å². The first-order chi connectivity index (χ1) is 10.3. The molecule has 0 spiro atoms. The number of nitriles is 1. The van der Waals surface area contributed by atoms with Crippen LogP contribution in [0.2, 0.25) is 0 Å². The van der Waals surface area contributed by atoms with Crippen LogP contribution in [-0.4, -0.2) is 38.0 Å². The summed E-state index contributed by atoms with van der Waals surface area (Å²) in [7, 11) is 0. The van der Waals surface area contributed by atoms with Crippen LogP contribution in [0.15, 0.2) is 30.3 Å². The normalized spacial score (nSPS) is 21.7. The molecule has 1 aromatic rings. The van der Waals surface area contributed by atoms with E-state index in [0.29, 0.717) is 5.56 Å². The molecule has 0 bridgehead atoms. The predicted octanol–water partition coefficient (Wildman–Crippen LogP) is 1.95. The highest BCUT2D eigenvalue weighted by atomic mass is 16.5. The molecule has 1 fully saturated rings. The molecule has 0 saturated carbocycles. The van der Waals surface area contributed by atoms with Gasteiger partial charge in [0.2, 0.25) is 0 Å². The molecule has 1 unspecified atom stereocenters. The summed E-state index contributed by atoms with van der Waals surface area (Å²) in [5.74, 6) is 0. The van der Waals surface area contributed by atoms with Crippen LogP contribution in [0.3, 0.4) is 0 Å². The molecule has 1 heterocycles. The van der Waals surface area contributed by atoms with Crippen LogP contribution < -0.4 is 5.32 Å².